The summed E-state index contributed by atoms with van der Waals surface area (Å²) in [6.45, 7) is 11.2. The number of carbonyl (C=O) groups is 1. The molecule has 1 fully saturated rings. The van der Waals surface area contributed by atoms with Crippen molar-refractivity contribution in [1.82, 2.24) is 0 Å². The molecule has 0 saturated heterocycles. The maximum atomic E-state index is 11.0. The molecule has 21 heavy (non-hydrogen) atoms. The fourth-order valence-corrected chi connectivity index (χ4v) is 3.32. The number of hydrogen-bond donors (Lipinski definition) is 1. The number of carboxylic acids is 1. The standard InChI is InChI=1S/C18H26O3/c1-6-21-17-8-11(3)14(12(4)13(17)5)7-10(2)15-9-16(15)18(19)20/h8,10,15-16H,6-7,9H2,1-5H3,(H,19,20). The first-order valence-corrected chi connectivity index (χ1v) is 7.82. The van der Waals surface area contributed by atoms with Gasteiger partial charge in [0.2, 0.25) is 0 Å². The predicted molar refractivity (Wildman–Crippen MR) is 83.9 cm³/mol. The normalized spacial score (nSPS) is 22.0. The Balaban J connectivity index is 2.17. The minimum atomic E-state index is -0.636. The van der Waals surface area contributed by atoms with E-state index in [9.17, 15) is 4.79 Å². The van der Waals surface area contributed by atoms with Crippen LogP contribution in [-0.4, -0.2) is 17.7 Å². The lowest BCUT2D eigenvalue weighted by atomic mass is 9.88. The first kappa shape index (κ1) is 15.9. The summed E-state index contributed by atoms with van der Waals surface area (Å²) in [5.41, 5.74) is 5.11. The van der Waals surface area contributed by atoms with Gasteiger partial charge in [-0.05, 0) is 80.7 Å². The number of rotatable bonds is 6. The molecule has 116 valence electrons. The summed E-state index contributed by atoms with van der Waals surface area (Å²) in [4.78, 5) is 11.0. The molecule has 1 saturated carbocycles. The Bertz CT molecular complexity index is 548. The molecule has 0 bridgehead atoms. The van der Waals surface area contributed by atoms with Crippen molar-refractivity contribution < 1.29 is 14.6 Å². The van der Waals surface area contributed by atoms with Gasteiger partial charge in [0.1, 0.15) is 5.75 Å². The molecule has 3 atom stereocenters. The summed E-state index contributed by atoms with van der Waals surface area (Å²) in [6.07, 6.45) is 1.80. The van der Waals surface area contributed by atoms with E-state index in [0.717, 1.165) is 18.6 Å². The molecule has 0 spiro atoms. The second-order valence-electron chi connectivity index (χ2n) is 6.38. The molecule has 3 unspecified atom stereocenters. The molecular formula is C18H26O3. The van der Waals surface area contributed by atoms with Crippen LogP contribution in [0.15, 0.2) is 6.07 Å². The van der Waals surface area contributed by atoms with Gasteiger partial charge in [0, 0.05) is 0 Å². The van der Waals surface area contributed by atoms with Crippen molar-refractivity contribution in [2.24, 2.45) is 17.8 Å². The van der Waals surface area contributed by atoms with Crippen LogP contribution in [0.1, 0.15) is 42.5 Å². The Morgan fingerprint density at radius 2 is 2.05 bits per heavy atom. The van der Waals surface area contributed by atoms with Gasteiger partial charge in [-0.3, -0.25) is 4.79 Å². The van der Waals surface area contributed by atoms with Crippen molar-refractivity contribution in [3.8, 4) is 5.75 Å². The van der Waals surface area contributed by atoms with Crippen LogP contribution in [-0.2, 0) is 11.2 Å². The summed E-state index contributed by atoms with van der Waals surface area (Å²) in [7, 11) is 0. The Morgan fingerprint density at radius 1 is 1.38 bits per heavy atom. The van der Waals surface area contributed by atoms with Gasteiger partial charge < -0.3 is 9.84 Å². The third-order valence-corrected chi connectivity index (χ3v) is 4.92. The van der Waals surface area contributed by atoms with Crippen molar-refractivity contribution in [2.45, 2.75) is 47.5 Å². The number of aryl methyl sites for hydroxylation is 1. The molecule has 0 radical (unpaired) electrons. The minimum Gasteiger partial charge on any atom is -0.494 e. The zero-order valence-corrected chi connectivity index (χ0v) is 13.7. The number of aliphatic carboxylic acids is 1. The van der Waals surface area contributed by atoms with E-state index in [1.54, 1.807) is 0 Å². The lowest BCUT2D eigenvalue weighted by molar-refractivity contribution is -0.139. The molecule has 0 amide bonds. The average molecular weight is 290 g/mol. The molecule has 1 aliphatic rings. The lowest BCUT2D eigenvalue weighted by Crippen LogP contribution is -2.11. The number of ether oxygens (including phenoxy) is 1. The molecule has 0 heterocycles. The Kier molecular flexibility index (Phi) is 4.60. The van der Waals surface area contributed by atoms with Gasteiger partial charge >= 0.3 is 5.97 Å². The molecule has 0 aromatic heterocycles. The summed E-state index contributed by atoms with van der Waals surface area (Å²) < 4.78 is 5.69. The molecule has 1 aromatic rings. The molecule has 1 N–H and O–H groups in total. The van der Waals surface area contributed by atoms with Crippen molar-refractivity contribution in [3.63, 3.8) is 0 Å². The average Bonchev–Trinajstić information content (AvgIpc) is 3.21. The fourth-order valence-electron chi connectivity index (χ4n) is 3.32. The quantitative estimate of drug-likeness (QED) is 0.864. The van der Waals surface area contributed by atoms with Crippen LogP contribution in [0.25, 0.3) is 0 Å². The van der Waals surface area contributed by atoms with Crippen LogP contribution in [0.2, 0.25) is 0 Å². The second-order valence-corrected chi connectivity index (χ2v) is 6.38. The zero-order valence-electron chi connectivity index (χ0n) is 13.7. The predicted octanol–water partition coefficient (Wildman–Crippen LogP) is 3.91. The third-order valence-electron chi connectivity index (χ3n) is 4.92. The van der Waals surface area contributed by atoms with Gasteiger partial charge in [-0.1, -0.05) is 6.92 Å². The monoisotopic (exact) mass is 290 g/mol. The number of hydrogen-bond acceptors (Lipinski definition) is 2. The molecule has 3 heteroatoms. The number of carboxylic acid groups (broad SMARTS) is 1. The van der Waals surface area contributed by atoms with Crippen LogP contribution in [0, 0.1) is 38.5 Å². The first-order chi connectivity index (χ1) is 9.86. The van der Waals surface area contributed by atoms with Crippen LogP contribution in [0.3, 0.4) is 0 Å². The van der Waals surface area contributed by atoms with Gasteiger partial charge in [0.05, 0.1) is 12.5 Å². The van der Waals surface area contributed by atoms with E-state index in [1.165, 1.54) is 22.3 Å². The van der Waals surface area contributed by atoms with Crippen molar-refractivity contribution in [1.29, 1.82) is 0 Å². The van der Waals surface area contributed by atoms with Crippen LogP contribution >= 0.6 is 0 Å². The van der Waals surface area contributed by atoms with Crippen LogP contribution in [0.4, 0.5) is 0 Å². The summed E-state index contributed by atoms with van der Waals surface area (Å²) in [5.74, 6) is 0.973. The molecule has 0 aliphatic heterocycles. The Morgan fingerprint density at radius 3 is 2.57 bits per heavy atom. The highest BCUT2D eigenvalue weighted by Gasteiger charge is 2.46. The van der Waals surface area contributed by atoms with Gasteiger partial charge in [0.25, 0.3) is 0 Å². The van der Waals surface area contributed by atoms with E-state index >= 15 is 0 Å². The van der Waals surface area contributed by atoms with E-state index in [2.05, 4.69) is 33.8 Å². The molecule has 1 aliphatic carbocycles. The molecule has 2 rings (SSSR count). The lowest BCUT2D eigenvalue weighted by Gasteiger charge is -2.19. The third kappa shape index (κ3) is 3.22. The van der Waals surface area contributed by atoms with E-state index in [0.29, 0.717) is 18.4 Å². The van der Waals surface area contributed by atoms with Gasteiger partial charge in [-0.15, -0.1) is 0 Å². The molecular weight excluding hydrogens is 264 g/mol. The molecule has 1 aromatic carbocycles. The Hall–Kier alpha value is -1.51. The van der Waals surface area contributed by atoms with E-state index in [1.807, 2.05) is 6.92 Å². The van der Waals surface area contributed by atoms with Crippen molar-refractivity contribution in [3.05, 3.63) is 28.3 Å². The highest BCUT2D eigenvalue weighted by Crippen LogP contribution is 2.46. The second kappa shape index (κ2) is 6.08. The first-order valence-electron chi connectivity index (χ1n) is 7.82. The van der Waals surface area contributed by atoms with Gasteiger partial charge in [-0.25, -0.2) is 0 Å². The largest absolute Gasteiger partial charge is 0.494 e. The van der Waals surface area contributed by atoms with E-state index < -0.39 is 5.97 Å². The van der Waals surface area contributed by atoms with Crippen molar-refractivity contribution in [2.75, 3.05) is 6.61 Å². The highest BCUT2D eigenvalue weighted by atomic mass is 16.5. The van der Waals surface area contributed by atoms with Crippen LogP contribution in [0.5, 0.6) is 5.75 Å². The zero-order chi connectivity index (χ0) is 15.7. The van der Waals surface area contributed by atoms with Crippen molar-refractivity contribution >= 4 is 5.97 Å². The van der Waals surface area contributed by atoms with Gasteiger partial charge in [-0.2, -0.15) is 0 Å². The van der Waals surface area contributed by atoms with E-state index in [-0.39, 0.29) is 5.92 Å². The minimum absolute atomic E-state index is 0.121. The van der Waals surface area contributed by atoms with E-state index in [4.69, 9.17) is 9.84 Å². The topological polar surface area (TPSA) is 46.5 Å². The highest BCUT2D eigenvalue weighted by molar-refractivity contribution is 5.73. The number of benzene rings is 1. The summed E-state index contributed by atoms with van der Waals surface area (Å²) in [6, 6.07) is 2.12. The Labute approximate surface area is 127 Å². The fraction of sp³-hybridized carbons (Fsp3) is 0.611. The van der Waals surface area contributed by atoms with Crippen LogP contribution < -0.4 is 4.74 Å². The van der Waals surface area contributed by atoms with Gasteiger partial charge in [0.15, 0.2) is 0 Å². The maximum Gasteiger partial charge on any atom is 0.306 e. The summed E-state index contributed by atoms with van der Waals surface area (Å²) >= 11 is 0. The maximum absolute atomic E-state index is 11.0. The SMILES string of the molecule is CCOc1cc(C)c(CC(C)C2CC2C(=O)O)c(C)c1C. The summed E-state index contributed by atoms with van der Waals surface area (Å²) in [5, 5.41) is 9.07. The smallest absolute Gasteiger partial charge is 0.306 e. The molecule has 3 nitrogen and oxygen atoms in total.